The summed E-state index contributed by atoms with van der Waals surface area (Å²) in [5.74, 6) is -0.0789. The molecule has 0 saturated heterocycles. The maximum absolute atomic E-state index is 11.9. The van der Waals surface area contributed by atoms with Crippen molar-refractivity contribution < 1.29 is 9.59 Å². The van der Waals surface area contributed by atoms with Gasteiger partial charge in [-0.3, -0.25) is 14.6 Å². The van der Waals surface area contributed by atoms with E-state index >= 15 is 0 Å². The molecule has 0 aliphatic heterocycles. The second-order valence-electron chi connectivity index (χ2n) is 5.15. The van der Waals surface area contributed by atoms with Crippen LogP contribution >= 0.6 is 0 Å². The van der Waals surface area contributed by atoms with E-state index in [2.05, 4.69) is 15.6 Å². The third-order valence-corrected chi connectivity index (χ3v) is 3.59. The molecule has 20 heavy (non-hydrogen) atoms. The summed E-state index contributed by atoms with van der Waals surface area (Å²) in [7, 11) is 0. The topological polar surface area (TPSA) is 71.1 Å². The number of aromatic nitrogens is 1. The molecular formula is C15H21N3O2. The molecule has 1 saturated carbocycles. The molecule has 5 nitrogen and oxygen atoms in total. The van der Waals surface area contributed by atoms with E-state index in [1.165, 1.54) is 6.42 Å². The molecule has 0 bridgehead atoms. The van der Waals surface area contributed by atoms with E-state index in [0.29, 0.717) is 6.54 Å². The lowest BCUT2D eigenvalue weighted by Crippen LogP contribution is -2.39. The molecule has 1 aliphatic rings. The first-order chi connectivity index (χ1) is 9.75. The molecular weight excluding hydrogens is 254 g/mol. The van der Waals surface area contributed by atoms with Gasteiger partial charge in [0.2, 0.25) is 11.8 Å². The van der Waals surface area contributed by atoms with Gasteiger partial charge in [-0.25, -0.2) is 0 Å². The zero-order valence-electron chi connectivity index (χ0n) is 11.6. The zero-order chi connectivity index (χ0) is 14.2. The van der Waals surface area contributed by atoms with E-state index in [4.69, 9.17) is 0 Å². The van der Waals surface area contributed by atoms with Crippen molar-refractivity contribution in [3.8, 4) is 0 Å². The highest BCUT2D eigenvalue weighted by Crippen LogP contribution is 2.23. The van der Waals surface area contributed by atoms with Crippen LogP contribution in [-0.2, 0) is 16.1 Å². The van der Waals surface area contributed by atoms with Crippen molar-refractivity contribution in [2.45, 2.75) is 38.6 Å². The Bertz CT molecular complexity index is 442. The van der Waals surface area contributed by atoms with Crippen molar-refractivity contribution in [2.75, 3.05) is 6.54 Å². The molecule has 1 fully saturated rings. The van der Waals surface area contributed by atoms with Crippen molar-refractivity contribution in [3.63, 3.8) is 0 Å². The van der Waals surface area contributed by atoms with Crippen molar-refractivity contribution in [1.82, 2.24) is 15.6 Å². The number of hydrogen-bond acceptors (Lipinski definition) is 3. The Labute approximate surface area is 119 Å². The Kier molecular flexibility index (Phi) is 5.53. The minimum Gasteiger partial charge on any atom is -0.349 e. The number of carbonyl (C=O) groups is 2. The minimum atomic E-state index is -0.181. The fourth-order valence-electron chi connectivity index (χ4n) is 2.43. The molecule has 1 aliphatic carbocycles. The van der Waals surface area contributed by atoms with Crippen molar-refractivity contribution >= 4 is 11.8 Å². The maximum atomic E-state index is 11.9. The van der Waals surface area contributed by atoms with Gasteiger partial charge in [-0.05, 0) is 25.0 Å². The summed E-state index contributed by atoms with van der Waals surface area (Å²) in [6.45, 7) is 0.432. The average Bonchev–Trinajstić information content (AvgIpc) is 2.52. The lowest BCUT2D eigenvalue weighted by Gasteiger charge is -2.20. The molecule has 1 aromatic heterocycles. The van der Waals surface area contributed by atoms with Gasteiger partial charge in [0.1, 0.15) is 0 Å². The van der Waals surface area contributed by atoms with E-state index in [1.807, 2.05) is 18.2 Å². The Morgan fingerprint density at radius 3 is 2.65 bits per heavy atom. The molecule has 0 unspecified atom stereocenters. The molecule has 5 heteroatoms. The summed E-state index contributed by atoms with van der Waals surface area (Å²) in [4.78, 5) is 27.6. The summed E-state index contributed by atoms with van der Waals surface area (Å²) in [5, 5.41) is 5.46. The van der Waals surface area contributed by atoms with E-state index < -0.39 is 0 Å². The van der Waals surface area contributed by atoms with Crippen LogP contribution in [0, 0.1) is 5.92 Å². The van der Waals surface area contributed by atoms with E-state index in [0.717, 1.165) is 31.4 Å². The summed E-state index contributed by atoms with van der Waals surface area (Å²) in [5.41, 5.74) is 0.805. The van der Waals surface area contributed by atoms with Crippen molar-refractivity contribution in [1.29, 1.82) is 0 Å². The van der Waals surface area contributed by atoms with Crippen LogP contribution in [0.2, 0.25) is 0 Å². The molecule has 0 radical (unpaired) electrons. The summed E-state index contributed by atoms with van der Waals surface area (Å²) in [6, 6.07) is 5.55. The Morgan fingerprint density at radius 1 is 1.15 bits per heavy atom. The number of amides is 2. The van der Waals surface area contributed by atoms with Gasteiger partial charge in [0.25, 0.3) is 0 Å². The van der Waals surface area contributed by atoms with Crippen LogP contribution < -0.4 is 10.6 Å². The predicted molar refractivity (Wildman–Crippen MR) is 75.7 cm³/mol. The first-order valence-corrected chi connectivity index (χ1v) is 7.20. The second-order valence-corrected chi connectivity index (χ2v) is 5.15. The van der Waals surface area contributed by atoms with Crippen LogP contribution in [0.5, 0.6) is 0 Å². The van der Waals surface area contributed by atoms with Gasteiger partial charge >= 0.3 is 0 Å². The Balaban J connectivity index is 1.65. The van der Waals surface area contributed by atoms with Crippen LogP contribution in [0.15, 0.2) is 24.4 Å². The second kappa shape index (κ2) is 7.62. The summed E-state index contributed by atoms with van der Waals surface area (Å²) in [6.07, 6.45) is 7.03. The lowest BCUT2D eigenvalue weighted by atomic mass is 9.89. The first-order valence-electron chi connectivity index (χ1n) is 7.20. The molecule has 1 aromatic rings. The van der Waals surface area contributed by atoms with Crippen LogP contribution in [0.3, 0.4) is 0 Å². The summed E-state index contributed by atoms with van der Waals surface area (Å²) >= 11 is 0. The van der Waals surface area contributed by atoms with Gasteiger partial charge in [0.05, 0.1) is 18.8 Å². The molecule has 1 heterocycles. The van der Waals surface area contributed by atoms with Crippen LogP contribution in [0.1, 0.15) is 37.8 Å². The fraction of sp³-hybridized carbons (Fsp3) is 0.533. The van der Waals surface area contributed by atoms with Gasteiger partial charge in [-0.1, -0.05) is 25.3 Å². The van der Waals surface area contributed by atoms with Crippen molar-refractivity contribution in [2.24, 2.45) is 5.92 Å². The van der Waals surface area contributed by atoms with Crippen molar-refractivity contribution in [3.05, 3.63) is 30.1 Å². The molecule has 0 aromatic carbocycles. The minimum absolute atomic E-state index is 0.0117. The van der Waals surface area contributed by atoms with Crippen LogP contribution in [-0.4, -0.2) is 23.3 Å². The first kappa shape index (κ1) is 14.5. The SMILES string of the molecule is O=C(CNC(=O)C1CCCCC1)NCc1ccccn1. The highest BCUT2D eigenvalue weighted by Gasteiger charge is 2.21. The molecule has 2 N–H and O–H groups in total. The number of carbonyl (C=O) groups excluding carboxylic acids is 2. The normalized spacial score (nSPS) is 15.6. The largest absolute Gasteiger partial charge is 0.349 e. The lowest BCUT2D eigenvalue weighted by molar-refractivity contribution is -0.129. The average molecular weight is 275 g/mol. The number of rotatable bonds is 5. The fourth-order valence-corrected chi connectivity index (χ4v) is 2.43. The smallest absolute Gasteiger partial charge is 0.239 e. The predicted octanol–water partition coefficient (Wildman–Crippen LogP) is 1.39. The third-order valence-electron chi connectivity index (χ3n) is 3.59. The molecule has 2 rings (SSSR count). The third kappa shape index (κ3) is 4.64. The maximum Gasteiger partial charge on any atom is 0.239 e. The van der Waals surface area contributed by atoms with Crippen LogP contribution in [0.4, 0.5) is 0 Å². The number of nitrogens with zero attached hydrogens (tertiary/aromatic N) is 1. The molecule has 2 amide bonds. The van der Waals surface area contributed by atoms with Gasteiger partial charge < -0.3 is 10.6 Å². The van der Waals surface area contributed by atoms with E-state index in [9.17, 15) is 9.59 Å². The number of pyridine rings is 1. The van der Waals surface area contributed by atoms with Gasteiger partial charge in [0, 0.05) is 12.1 Å². The molecule has 0 spiro atoms. The van der Waals surface area contributed by atoms with Gasteiger partial charge in [-0.2, -0.15) is 0 Å². The number of nitrogens with one attached hydrogen (secondary N) is 2. The number of hydrogen-bond donors (Lipinski definition) is 2. The summed E-state index contributed by atoms with van der Waals surface area (Å²) < 4.78 is 0. The van der Waals surface area contributed by atoms with E-state index in [1.54, 1.807) is 6.20 Å². The molecule has 0 atom stereocenters. The molecule has 108 valence electrons. The standard InChI is InChI=1S/C15H21N3O2/c19-14(17-10-13-8-4-5-9-16-13)11-18-15(20)12-6-2-1-3-7-12/h4-5,8-9,12H,1-3,6-7,10-11H2,(H,17,19)(H,18,20). The van der Waals surface area contributed by atoms with Gasteiger partial charge in [-0.15, -0.1) is 0 Å². The highest BCUT2D eigenvalue weighted by atomic mass is 16.2. The Hall–Kier alpha value is -1.91. The Morgan fingerprint density at radius 2 is 1.95 bits per heavy atom. The zero-order valence-corrected chi connectivity index (χ0v) is 11.6. The highest BCUT2D eigenvalue weighted by molar-refractivity contribution is 5.85. The van der Waals surface area contributed by atoms with Gasteiger partial charge in [0.15, 0.2) is 0 Å². The van der Waals surface area contributed by atoms with E-state index in [-0.39, 0.29) is 24.3 Å². The quantitative estimate of drug-likeness (QED) is 0.853. The monoisotopic (exact) mass is 275 g/mol. The van der Waals surface area contributed by atoms with Crippen LogP contribution in [0.25, 0.3) is 0 Å².